The largest absolute Gasteiger partial charge is 0.493 e. The SMILES string of the molecule is C=C(C)/C=C(/OC)C(=C)OC1CC1. The second-order valence-electron chi connectivity index (χ2n) is 3.30. The zero-order valence-corrected chi connectivity index (χ0v) is 8.30. The zero-order chi connectivity index (χ0) is 9.84. The molecule has 0 aromatic rings. The lowest BCUT2D eigenvalue weighted by atomic mass is 10.3. The molecule has 0 aromatic heterocycles. The Morgan fingerprint density at radius 1 is 1.38 bits per heavy atom. The first-order chi connectivity index (χ1) is 6.13. The number of hydrogen-bond donors (Lipinski definition) is 0. The van der Waals surface area contributed by atoms with Crippen LogP contribution in [0.4, 0.5) is 0 Å². The predicted molar refractivity (Wildman–Crippen MR) is 53.2 cm³/mol. The lowest BCUT2D eigenvalue weighted by Crippen LogP contribution is -1.98. The van der Waals surface area contributed by atoms with Crippen LogP contribution in [0, 0.1) is 0 Å². The minimum atomic E-state index is 0.358. The Hall–Kier alpha value is -1.18. The molecule has 1 fully saturated rings. The highest BCUT2D eigenvalue weighted by Crippen LogP contribution is 2.28. The van der Waals surface area contributed by atoms with Gasteiger partial charge in [0, 0.05) is 0 Å². The van der Waals surface area contributed by atoms with E-state index in [-0.39, 0.29) is 0 Å². The first kappa shape index (κ1) is 9.90. The molecule has 0 N–H and O–H groups in total. The summed E-state index contributed by atoms with van der Waals surface area (Å²) < 4.78 is 10.6. The van der Waals surface area contributed by atoms with Gasteiger partial charge in [0.2, 0.25) is 0 Å². The summed E-state index contributed by atoms with van der Waals surface area (Å²) >= 11 is 0. The number of allylic oxidation sites excluding steroid dienone is 2. The number of methoxy groups -OCH3 is 1. The summed E-state index contributed by atoms with van der Waals surface area (Å²) in [7, 11) is 1.61. The van der Waals surface area contributed by atoms with Crippen LogP contribution in [-0.2, 0) is 9.47 Å². The molecule has 0 unspecified atom stereocenters. The summed E-state index contributed by atoms with van der Waals surface area (Å²) in [6.07, 6.45) is 4.44. The highest BCUT2D eigenvalue weighted by Gasteiger charge is 2.24. The average molecular weight is 180 g/mol. The molecule has 0 spiro atoms. The van der Waals surface area contributed by atoms with Gasteiger partial charge in [0.25, 0.3) is 0 Å². The van der Waals surface area contributed by atoms with Crippen molar-refractivity contribution in [1.29, 1.82) is 0 Å². The van der Waals surface area contributed by atoms with Gasteiger partial charge in [-0.2, -0.15) is 0 Å². The quantitative estimate of drug-likeness (QED) is 0.478. The van der Waals surface area contributed by atoms with Crippen molar-refractivity contribution >= 4 is 0 Å². The lowest BCUT2D eigenvalue weighted by molar-refractivity contribution is 0.166. The Bertz CT molecular complexity index is 247. The molecule has 13 heavy (non-hydrogen) atoms. The van der Waals surface area contributed by atoms with E-state index < -0.39 is 0 Å². The molecule has 2 heteroatoms. The van der Waals surface area contributed by atoms with Crippen LogP contribution in [0.3, 0.4) is 0 Å². The second-order valence-corrected chi connectivity index (χ2v) is 3.30. The van der Waals surface area contributed by atoms with Gasteiger partial charge in [0.15, 0.2) is 11.5 Å². The van der Waals surface area contributed by atoms with E-state index in [4.69, 9.17) is 9.47 Å². The molecular formula is C11H16O2. The molecule has 0 bridgehead atoms. The average Bonchev–Trinajstić information content (AvgIpc) is 2.83. The standard InChI is InChI=1S/C11H16O2/c1-8(2)7-11(12-4)9(3)13-10-5-6-10/h7,10H,1,3,5-6H2,2,4H3/b11-7+. The van der Waals surface area contributed by atoms with Crippen LogP contribution in [0.1, 0.15) is 19.8 Å². The van der Waals surface area contributed by atoms with E-state index >= 15 is 0 Å². The van der Waals surface area contributed by atoms with E-state index in [9.17, 15) is 0 Å². The van der Waals surface area contributed by atoms with Gasteiger partial charge in [-0.25, -0.2) is 0 Å². The molecule has 0 radical (unpaired) electrons. The van der Waals surface area contributed by atoms with Crippen LogP contribution < -0.4 is 0 Å². The molecule has 0 aliphatic heterocycles. The van der Waals surface area contributed by atoms with Crippen molar-refractivity contribution in [2.24, 2.45) is 0 Å². The fourth-order valence-corrected chi connectivity index (χ4v) is 0.922. The Labute approximate surface area is 79.5 Å². The smallest absolute Gasteiger partial charge is 0.160 e. The number of ether oxygens (including phenoxy) is 2. The molecular weight excluding hydrogens is 164 g/mol. The van der Waals surface area contributed by atoms with Gasteiger partial charge in [-0.15, -0.1) is 0 Å². The molecule has 1 saturated carbocycles. The third-order valence-electron chi connectivity index (χ3n) is 1.71. The fraction of sp³-hybridized carbons (Fsp3) is 0.455. The molecule has 72 valence electrons. The third-order valence-corrected chi connectivity index (χ3v) is 1.71. The van der Waals surface area contributed by atoms with Crippen molar-refractivity contribution in [2.45, 2.75) is 25.9 Å². The summed E-state index contributed by atoms with van der Waals surface area (Å²) in [5.41, 5.74) is 0.928. The van der Waals surface area contributed by atoms with E-state index in [1.54, 1.807) is 7.11 Å². The van der Waals surface area contributed by atoms with Gasteiger partial charge in [0.05, 0.1) is 13.2 Å². The molecule has 0 aromatic carbocycles. The van der Waals surface area contributed by atoms with Crippen LogP contribution in [-0.4, -0.2) is 13.2 Å². The Kier molecular flexibility index (Phi) is 3.18. The minimum Gasteiger partial charge on any atom is -0.493 e. The first-order valence-electron chi connectivity index (χ1n) is 4.40. The molecule has 0 saturated heterocycles. The van der Waals surface area contributed by atoms with Gasteiger partial charge in [-0.1, -0.05) is 18.7 Å². The van der Waals surface area contributed by atoms with Crippen molar-refractivity contribution in [2.75, 3.05) is 7.11 Å². The van der Waals surface area contributed by atoms with Crippen LogP contribution in [0.2, 0.25) is 0 Å². The van der Waals surface area contributed by atoms with E-state index in [1.807, 2.05) is 13.0 Å². The number of hydrogen-bond acceptors (Lipinski definition) is 2. The fourth-order valence-electron chi connectivity index (χ4n) is 0.922. The molecule has 0 atom stereocenters. The Morgan fingerprint density at radius 2 is 2.00 bits per heavy atom. The first-order valence-corrected chi connectivity index (χ1v) is 4.40. The van der Waals surface area contributed by atoms with Crippen molar-refractivity contribution in [3.63, 3.8) is 0 Å². The van der Waals surface area contributed by atoms with Crippen molar-refractivity contribution in [3.8, 4) is 0 Å². The van der Waals surface area contributed by atoms with Crippen LogP contribution in [0.5, 0.6) is 0 Å². The maximum Gasteiger partial charge on any atom is 0.160 e. The van der Waals surface area contributed by atoms with E-state index in [1.165, 1.54) is 0 Å². The van der Waals surface area contributed by atoms with Crippen molar-refractivity contribution < 1.29 is 9.47 Å². The minimum absolute atomic E-state index is 0.358. The maximum atomic E-state index is 5.49. The van der Waals surface area contributed by atoms with E-state index in [2.05, 4.69) is 13.2 Å². The summed E-state index contributed by atoms with van der Waals surface area (Å²) in [5.74, 6) is 1.27. The van der Waals surface area contributed by atoms with E-state index in [0.29, 0.717) is 17.6 Å². The van der Waals surface area contributed by atoms with Crippen molar-refractivity contribution in [3.05, 3.63) is 36.3 Å². The topological polar surface area (TPSA) is 18.5 Å². The lowest BCUT2D eigenvalue weighted by Gasteiger charge is -2.10. The summed E-state index contributed by atoms with van der Waals surface area (Å²) in [6, 6.07) is 0. The molecule has 1 aliphatic carbocycles. The summed E-state index contributed by atoms with van der Waals surface area (Å²) in [5, 5.41) is 0. The second kappa shape index (κ2) is 4.17. The van der Waals surface area contributed by atoms with Crippen LogP contribution >= 0.6 is 0 Å². The molecule has 1 rings (SSSR count). The van der Waals surface area contributed by atoms with Gasteiger partial charge in [-0.3, -0.25) is 0 Å². The van der Waals surface area contributed by atoms with Gasteiger partial charge < -0.3 is 9.47 Å². The van der Waals surface area contributed by atoms with Crippen molar-refractivity contribution in [1.82, 2.24) is 0 Å². The molecule has 0 amide bonds. The normalized spacial score (nSPS) is 16.6. The van der Waals surface area contributed by atoms with Crippen LogP contribution in [0.25, 0.3) is 0 Å². The van der Waals surface area contributed by atoms with Gasteiger partial charge in [-0.05, 0) is 25.8 Å². The Morgan fingerprint density at radius 3 is 2.38 bits per heavy atom. The molecule has 2 nitrogen and oxygen atoms in total. The summed E-state index contributed by atoms with van der Waals surface area (Å²) in [4.78, 5) is 0. The number of rotatable bonds is 5. The zero-order valence-electron chi connectivity index (χ0n) is 8.30. The Balaban J connectivity index is 2.53. The van der Waals surface area contributed by atoms with Gasteiger partial charge in [0.1, 0.15) is 0 Å². The molecule has 1 aliphatic rings. The highest BCUT2D eigenvalue weighted by molar-refractivity contribution is 5.26. The van der Waals surface area contributed by atoms with Gasteiger partial charge >= 0.3 is 0 Å². The van der Waals surface area contributed by atoms with Crippen LogP contribution in [0.15, 0.2) is 36.3 Å². The monoisotopic (exact) mass is 180 g/mol. The third kappa shape index (κ3) is 3.36. The van der Waals surface area contributed by atoms with E-state index in [0.717, 1.165) is 18.4 Å². The highest BCUT2D eigenvalue weighted by atomic mass is 16.5. The summed E-state index contributed by atoms with van der Waals surface area (Å²) in [6.45, 7) is 9.48. The maximum absolute atomic E-state index is 5.49. The molecule has 0 heterocycles. The predicted octanol–water partition coefficient (Wildman–Crippen LogP) is 2.79.